The molecule has 1 N–H and O–H groups in total. The van der Waals surface area contributed by atoms with Crippen molar-refractivity contribution >= 4 is 11.6 Å². The lowest BCUT2D eigenvalue weighted by molar-refractivity contribution is 0.105. The van der Waals surface area contributed by atoms with Gasteiger partial charge in [-0.15, -0.1) is 0 Å². The Morgan fingerprint density at radius 2 is 2.19 bits per heavy atom. The Hall–Kier alpha value is -0.0500. The molecule has 2 unspecified atom stereocenters. The smallest absolute Gasteiger partial charge is 0.0247 e. The van der Waals surface area contributed by atoms with E-state index in [-0.39, 0.29) is 0 Å². The number of rotatable bonds is 4. The Morgan fingerprint density at radius 3 is 2.75 bits per heavy atom. The third-order valence-electron chi connectivity index (χ3n) is 3.88. The first kappa shape index (κ1) is 12.4. The summed E-state index contributed by atoms with van der Waals surface area (Å²) in [6.45, 7) is 7.93. The molecular weight excluding hydrogens is 220 g/mol. The molecule has 1 aliphatic heterocycles. The van der Waals surface area contributed by atoms with Gasteiger partial charge in [0, 0.05) is 37.3 Å². The Kier molecular flexibility index (Phi) is 4.28. The van der Waals surface area contributed by atoms with Crippen molar-refractivity contribution in [3.63, 3.8) is 0 Å². The van der Waals surface area contributed by atoms with Crippen LogP contribution in [0.25, 0.3) is 0 Å². The number of nitrogens with one attached hydrogen (secondary N) is 1. The maximum atomic E-state index is 5.64. The van der Waals surface area contributed by atoms with E-state index in [1.54, 1.807) is 5.54 Å². The molecule has 2 rings (SSSR count). The van der Waals surface area contributed by atoms with Gasteiger partial charge in [0.05, 0.1) is 0 Å². The van der Waals surface area contributed by atoms with Gasteiger partial charge in [-0.05, 0) is 24.7 Å². The number of hydrogen-bond acceptors (Lipinski definition) is 2. The van der Waals surface area contributed by atoms with Gasteiger partial charge in [-0.1, -0.05) is 31.5 Å². The standard InChI is InChI=1S/C13H23ClN2/c1-10(2)13-8-15-12(11-4-5-11)9-16(13)7-3-6-14/h3,6,10-13,15H,4-5,7-9H2,1-2H3/b6-3+. The second-order valence-corrected chi connectivity index (χ2v) is 5.73. The molecule has 2 aliphatic rings. The van der Waals surface area contributed by atoms with Crippen molar-refractivity contribution in [2.24, 2.45) is 11.8 Å². The van der Waals surface area contributed by atoms with Crippen molar-refractivity contribution in [2.75, 3.05) is 19.6 Å². The molecule has 0 amide bonds. The molecule has 0 radical (unpaired) electrons. The molecule has 1 heterocycles. The molecule has 2 fully saturated rings. The number of hydrogen-bond donors (Lipinski definition) is 1. The zero-order valence-electron chi connectivity index (χ0n) is 10.3. The average molecular weight is 243 g/mol. The van der Waals surface area contributed by atoms with Crippen LogP contribution in [-0.4, -0.2) is 36.6 Å². The van der Waals surface area contributed by atoms with Gasteiger partial charge < -0.3 is 5.32 Å². The van der Waals surface area contributed by atoms with Crippen molar-refractivity contribution < 1.29 is 0 Å². The third-order valence-corrected chi connectivity index (χ3v) is 4.06. The largest absolute Gasteiger partial charge is 0.311 e. The molecule has 0 aromatic rings. The van der Waals surface area contributed by atoms with Gasteiger partial charge in [0.25, 0.3) is 0 Å². The Labute approximate surface area is 104 Å². The van der Waals surface area contributed by atoms with Crippen LogP contribution in [0.3, 0.4) is 0 Å². The molecule has 1 saturated carbocycles. The van der Waals surface area contributed by atoms with Crippen molar-refractivity contribution in [3.05, 3.63) is 11.6 Å². The summed E-state index contributed by atoms with van der Waals surface area (Å²) in [4.78, 5) is 2.59. The summed E-state index contributed by atoms with van der Waals surface area (Å²) in [7, 11) is 0. The van der Waals surface area contributed by atoms with Crippen molar-refractivity contribution in [2.45, 2.75) is 38.8 Å². The predicted molar refractivity (Wildman–Crippen MR) is 69.7 cm³/mol. The molecule has 2 nitrogen and oxygen atoms in total. The highest BCUT2D eigenvalue weighted by Crippen LogP contribution is 2.34. The highest BCUT2D eigenvalue weighted by atomic mass is 35.5. The molecule has 3 heteroatoms. The Morgan fingerprint density at radius 1 is 1.44 bits per heavy atom. The molecular formula is C13H23ClN2. The normalized spacial score (nSPS) is 32.8. The van der Waals surface area contributed by atoms with Gasteiger partial charge >= 0.3 is 0 Å². The number of nitrogens with zero attached hydrogens (tertiary/aromatic N) is 1. The van der Waals surface area contributed by atoms with Gasteiger partial charge in [0.15, 0.2) is 0 Å². The van der Waals surface area contributed by atoms with E-state index in [2.05, 4.69) is 30.1 Å². The van der Waals surface area contributed by atoms with E-state index in [4.69, 9.17) is 11.6 Å². The van der Waals surface area contributed by atoms with Crippen LogP contribution in [0.5, 0.6) is 0 Å². The lowest BCUT2D eigenvalue weighted by atomic mass is 9.97. The molecule has 0 bridgehead atoms. The minimum atomic E-state index is 0.655. The van der Waals surface area contributed by atoms with E-state index >= 15 is 0 Å². The van der Waals surface area contributed by atoms with Crippen LogP contribution in [0.4, 0.5) is 0 Å². The topological polar surface area (TPSA) is 15.3 Å². The quantitative estimate of drug-likeness (QED) is 0.815. The van der Waals surface area contributed by atoms with E-state index in [1.165, 1.54) is 19.4 Å². The first-order valence-corrected chi connectivity index (χ1v) is 6.88. The summed E-state index contributed by atoms with van der Waals surface area (Å²) >= 11 is 5.64. The highest BCUT2D eigenvalue weighted by molar-refractivity contribution is 6.25. The minimum Gasteiger partial charge on any atom is -0.311 e. The third kappa shape index (κ3) is 2.99. The highest BCUT2D eigenvalue weighted by Gasteiger charge is 2.37. The van der Waals surface area contributed by atoms with Crippen LogP contribution in [-0.2, 0) is 0 Å². The second-order valence-electron chi connectivity index (χ2n) is 5.48. The summed E-state index contributed by atoms with van der Waals surface area (Å²) in [5.41, 5.74) is 1.64. The fourth-order valence-corrected chi connectivity index (χ4v) is 2.79. The first-order valence-electron chi connectivity index (χ1n) is 6.45. The van der Waals surface area contributed by atoms with Crippen LogP contribution < -0.4 is 5.32 Å². The monoisotopic (exact) mass is 242 g/mol. The lowest BCUT2D eigenvalue weighted by Gasteiger charge is -2.42. The molecule has 1 aliphatic carbocycles. The summed E-state index contributed by atoms with van der Waals surface area (Å²) < 4.78 is 0. The van der Waals surface area contributed by atoms with E-state index in [9.17, 15) is 0 Å². The van der Waals surface area contributed by atoms with E-state index < -0.39 is 0 Å². The summed E-state index contributed by atoms with van der Waals surface area (Å²) in [6, 6.07) is 1.38. The van der Waals surface area contributed by atoms with Crippen LogP contribution in [0, 0.1) is 11.8 Å². The van der Waals surface area contributed by atoms with E-state index in [0.29, 0.717) is 12.0 Å². The molecule has 0 aromatic heterocycles. The van der Waals surface area contributed by atoms with Gasteiger partial charge in [-0.3, -0.25) is 4.90 Å². The molecule has 2 atom stereocenters. The molecule has 16 heavy (non-hydrogen) atoms. The maximum Gasteiger partial charge on any atom is 0.0247 e. The van der Waals surface area contributed by atoms with E-state index in [0.717, 1.165) is 25.0 Å². The number of halogens is 1. The van der Waals surface area contributed by atoms with Gasteiger partial charge in [0.2, 0.25) is 0 Å². The van der Waals surface area contributed by atoms with Crippen molar-refractivity contribution in [1.82, 2.24) is 10.2 Å². The Balaban J connectivity index is 1.93. The van der Waals surface area contributed by atoms with Crippen LogP contribution in [0.2, 0.25) is 0 Å². The summed E-state index contributed by atoms with van der Waals surface area (Å²) in [6.07, 6.45) is 4.90. The van der Waals surface area contributed by atoms with Gasteiger partial charge in [-0.25, -0.2) is 0 Å². The molecule has 0 spiro atoms. The molecule has 1 saturated heterocycles. The zero-order valence-corrected chi connectivity index (χ0v) is 11.1. The minimum absolute atomic E-state index is 0.655. The van der Waals surface area contributed by atoms with Crippen molar-refractivity contribution in [1.29, 1.82) is 0 Å². The fourth-order valence-electron chi connectivity index (χ4n) is 2.71. The van der Waals surface area contributed by atoms with Gasteiger partial charge in [-0.2, -0.15) is 0 Å². The lowest BCUT2D eigenvalue weighted by Crippen LogP contribution is -2.58. The maximum absolute atomic E-state index is 5.64. The second kappa shape index (κ2) is 5.52. The molecule has 92 valence electrons. The molecule has 0 aromatic carbocycles. The fraction of sp³-hybridized carbons (Fsp3) is 0.846. The zero-order chi connectivity index (χ0) is 11.5. The van der Waals surface area contributed by atoms with Crippen LogP contribution >= 0.6 is 11.6 Å². The van der Waals surface area contributed by atoms with E-state index in [1.807, 2.05) is 0 Å². The predicted octanol–water partition coefficient (Wildman–Crippen LogP) is 2.45. The van der Waals surface area contributed by atoms with Crippen LogP contribution in [0.1, 0.15) is 26.7 Å². The summed E-state index contributed by atoms with van der Waals surface area (Å²) in [5, 5.41) is 3.72. The summed E-state index contributed by atoms with van der Waals surface area (Å²) in [5.74, 6) is 1.65. The average Bonchev–Trinajstić information content (AvgIpc) is 3.09. The number of piperazine rings is 1. The SMILES string of the molecule is CC(C)C1CNC(C2CC2)CN1C/C=C/Cl. The Bertz CT molecular complexity index is 248. The first-order chi connectivity index (χ1) is 7.72. The van der Waals surface area contributed by atoms with Crippen LogP contribution in [0.15, 0.2) is 11.6 Å². The van der Waals surface area contributed by atoms with Crippen molar-refractivity contribution in [3.8, 4) is 0 Å². The van der Waals surface area contributed by atoms with Gasteiger partial charge in [0.1, 0.15) is 0 Å².